The van der Waals surface area contributed by atoms with Gasteiger partial charge in [0.15, 0.2) is 11.6 Å². The van der Waals surface area contributed by atoms with Crippen molar-refractivity contribution in [2.75, 3.05) is 13.7 Å². The van der Waals surface area contributed by atoms with E-state index in [1.54, 1.807) is 0 Å². The largest absolute Gasteiger partial charge is 0.494 e. The molecule has 0 aliphatic heterocycles. The highest BCUT2D eigenvalue weighted by molar-refractivity contribution is 5.94. The van der Waals surface area contributed by atoms with Crippen molar-refractivity contribution in [2.45, 2.75) is 12.8 Å². The molecule has 0 heterocycles. The molecule has 18 heavy (non-hydrogen) atoms. The Kier molecular flexibility index (Phi) is 5.10. The van der Waals surface area contributed by atoms with Gasteiger partial charge in [-0.2, -0.15) is 0 Å². The van der Waals surface area contributed by atoms with Gasteiger partial charge in [-0.25, -0.2) is 4.39 Å². The van der Waals surface area contributed by atoms with E-state index in [1.807, 2.05) is 0 Å². The SMILES string of the molecule is COc1cccc(C(=O)NCCCC(=O)O)c1F. The third kappa shape index (κ3) is 3.73. The van der Waals surface area contributed by atoms with E-state index in [1.165, 1.54) is 25.3 Å². The molecule has 0 aromatic heterocycles. The zero-order valence-corrected chi connectivity index (χ0v) is 9.90. The monoisotopic (exact) mass is 255 g/mol. The lowest BCUT2D eigenvalue weighted by Crippen LogP contribution is -2.25. The summed E-state index contributed by atoms with van der Waals surface area (Å²) in [5, 5.41) is 10.9. The summed E-state index contributed by atoms with van der Waals surface area (Å²) in [6.45, 7) is 0.182. The van der Waals surface area contributed by atoms with Gasteiger partial charge in [-0.1, -0.05) is 6.07 Å². The molecule has 5 nitrogen and oxygen atoms in total. The highest BCUT2D eigenvalue weighted by Gasteiger charge is 2.14. The molecule has 1 aromatic carbocycles. The van der Waals surface area contributed by atoms with E-state index in [0.717, 1.165) is 0 Å². The lowest BCUT2D eigenvalue weighted by Gasteiger charge is -2.07. The maximum atomic E-state index is 13.7. The van der Waals surface area contributed by atoms with Crippen molar-refractivity contribution in [3.8, 4) is 5.75 Å². The molecule has 0 aliphatic carbocycles. The number of carbonyl (C=O) groups is 2. The molecule has 0 radical (unpaired) electrons. The van der Waals surface area contributed by atoms with Crippen LogP contribution in [0.25, 0.3) is 0 Å². The fourth-order valence-electron chi connectivity index (χ4n) is 1.38. The molecule has 0 bridgehead atoms. The van der Waals surface area contributed by atoms with E-state index in [-0.39, 0.29) is 24.3 Å². The van der Waals surface area contributed by atoms with Crippen LogP contribution in [0.3, 0.4) is 0 Å². The molecule has 0 atom stereocenters. The van der Waals surface area contributed by atoms with Crippen molar-refractivity contribution < 1.29 is 23.8 Å². The van der Waals surface area contributed by atoms with Gasteiger partial charge in [0.25, 0.3) is 5.91 Å². The lowest BCUT2D eigenvalue weighted by molar-refractivity contribution is -0.137. The van der Waals surface area contributed by atoms with Crippen LogP contribution in [0.4, 0.5) is 4.39 Å². The summed E-state index contributed by atoms with van der Waals surface area (Å²) in [4.78, 5) is 21.9. The van der Waals surface area contributed by atoms with Gasteiger partial charge in [0.05, 0.1) is 12.7 Å². The molecule has 0 aliphatic rings. The second-order valence-electron chi connectivity index (χ2n) is 3.58. The van der Waals surface area contributed by atoms with E-state index < -0.39 is 17.7 Å². The second kappa shape index (κ2) is 6.58. The summed E-state index contributed by atoms with van der Waals surface area (Å²) < 4.78 is 18.4. The van der Waals surface area contributed by atoms with Crippen LogP contribution in [-0.2, 0) is 4.79 Å². The highest BCUT2D eigenvalue weighted by Crippen LogP contribution is 2.19. The van der Waals surface area contributed by atoms with Crippen molar-refractivity contribution in [3.63, 3.8) is 0 Å². The molecular weight excluding hydrogens is 241 g/mol. The predicted octanol–water partition coefficient (Wildman–Crippen LogP) is 1.43. The van der Waals surface area contributed by atoms with E-state index in [0.29, 0.717) is 6.42 Å². The van der Waals surface area contributed by atoms with Crippen molar-refractivity contribution in [1.29, 1.82) is 0 Å². The minimum Gasteiger partial charge on any atom is -0.494 e. The number of hydrogen-bond donors (Lipinski definition) is 2. The van der Waals surface area contributed by atoms with Crippen LogP contribution in [0.2, 0.25) is 0 Å². The van der Waals surface area contributed by atoms with Crippen LogP contribution in [0, 0.1) is 5.82 Å². The zero-order valence-electron chi connectivity index (χ0n) is 9.90. The Morgan fingerprint density at radius 1 is 1.44 bits per heavy atom. The molecule has 1 aromatic rings. The number of carbonyl (C=O) groups excluding carboxylic acids is 1. The Labute approximate surface area is 104 Å². The van der Waals surface area contributed by atoms with Crippen LogP contribution in [0.1, 0.15) is 23.2 Å². The van der Waals surface area contributed by atoms with E-state index >= 15 is 0 Å². The van der Waals surface area contributed by atoms with Crippen molar-refractivity contribution >= 4 is 11.9 Å². The summed E-state index contributed by atoms with van der Waals surface area (Å²) in [6.07, 6.45) is 0.257. The standard InChI is InChI=1S/C12H14FNO4/c1-18-9-5-2-4-8(11(9)13)12(17)14-7-3-6-10(15)16/h2,4-5H,3,6-7H2,1H3,(H,14,17)(H,15,16). The number of benzene rings is 1. The summed E-state index contributed by atoms with van der Waals surface area (Å²) in [5.74, 6) is -2.25. The maximum absolute atomic E-state index is 13.7. The second-order valence-corrected chi connectivity index (χ2v) is 3.58. The maximum Gasteiger partial charge on any atom is 0.303 e. The van der Waals surface area contributed by atoms with E-state index in [4.69, 9.17) is 9.84 Å². The number of carboxylic acid groups (broad SMARTS) is 1. The smallest absolute Gasteiger partial charge is 0.303 e. The number of rotatable bonds is 6. The van der Waals surface area contributed by atoms with Crippen LogP contribution >= 0.6 is 0 Å². The molecule has 0 saturated carbocycles. The quantitative estimate of drug-likeness (QED) is 0.754. The van der Waals surface area contributed by atoms with Gasteiger partial charge < -0.3 is 15.2 Å². The van der Waals surface area contributed by atoms with Gasteiger partial charge in [-0.3, -0.25) is 9.59 Å². The van der Waals surface area contributed by atoms with Crippen molar-refractivity contribution in [3.05, 3.63) is 29.6 Å². The Hall–Kier alpha value is -2.11. The fraction of sp³-hybridized carbons (Fsp3) is 0.333. The summed E-state index contributed by atoms with van der Waals surface area (Å²) in [7, 11) is 1.31. The highest BCUT2D eigenvalue weighted by atomic mass is 19.1. The van der Waals surface area contributed by atoms with Gasteiger partial charge in [0.2, 0.25) is 0 Å². The minimum atomic E-state index is -0.934. The predicted molar refractivity (Wildman–Crippen MR) is 62.2 cm³/mol. The Balaban J connectivity index is 2.59. The number of methoxy groups -OCH3 is 1. The lowest BCUT2D eigenvalue weighted by atomic mass is 10.2. The number of ether oxygens (including phenoxy) is 1. The van der Waals surface area contributed by atoms with E-state index in [2.05, 4.69) is 5.32 Å². The van der Waals surface area contributed by atoms with Crippen LogP contribution in [-0.4, -0.2) is 30.6 Å². The van der Waals surface area contributed by atoms with Gasteiger partial charge in [0, 0.05) is 13.0 Å². The summed E-state index contributed by atoms with van der Waals surface area (Å²) >= 11 is 0. The topological polar surface area (TPSA) is 75.6 Å². The number of nitrogens with one attached hydrogen (secondary N) is 1. The first-order valence-electron chi connectivity index (χ1n) is 5.38. The Bertz CT molecular complexity index is 448. The van der Waals surface area contributed by atoms with Gasteiger partial charge >= 0.3 is 5.97 Å². The Morgan fingerprint density at radius 2 is 2.17 bits per heavy atom. The third-order valence-corrected chi connectivity index (χ3v) is 2.28. The zero-order chi connectivity index (χ0) is 13.5. The van der Waals surface area contributed by atoms with Crippen LogP contribution in [0.15, 0.2) is 18.2 Å². The minimum absolute atomic E-state index is 0.00631. The molecule has 1 rings (SSSR count). The Morgan fingerprint density at radius 3 is 2.78 bits per heavy atom. The molecule has 0 fully saturated rings. The number of aliphatic carboxylic acids is 1. The number of halogens is 1. The average Bonchev–Trinajstić information content (AvgIpc) is 2.34. The van der Waals surface area contributed by atoms with Crippen molar-refractivity contribution in [2.24, 2.45) is 0 Å². The van der Waals surface area contributed by atoms with Gasteiger partial charge in [-0.15, -0.1) is 0 Å². The van der Waals surface area contributed by atoms with Crippen LogP contribution in [0.5, 0.6) is 5.75 Å². The molecule has 2 N–H and O–H groups in total. The van der Waals surface area contributed by atoms with Crippen LogP contribution < -0.4 is 10.1 Å². The summed E-state index contributed by atoms with van der Waals surface area (Å²) in [5.41, 5.74) is -0.121. The number of carboxylic acids is 1. The molecule has 1 amide bonds. The molecule has 6 heteroatoms. The average molecular weight is 255 g/mol. The fourth-order valence-corrected chi connectivity index (χ4v) is 1.38. The van der Waals surface area contributed by atoms with Gasteiger partial charge in [-0.05, 0) is 18.6 Å². The number of amides is 1. The molecule has 98 valence electrons. The first-order valence-corrected chi connectivity index (χ1v) is 5.38. The summed E-state index contributed by atoms with van der Waals surface area (Å²) in [6, 6.07) is 4.26. The molecule has 0 saturated heterocycles. The number of hydrogen-bond acceptors (Lipinski definition) is 3. The van der Waals surface area contributed by atoms with Crippen molar-refractivity contribution in [1.82, 2.24) is 5.32 Å². The third-order valence-electron chi connectivity index (χ3n) is 2.28. The first-order chi connectivity index (χ1) is 8.56. The molecular formula is C12H14FNO4. The van der Waals surface area contributed by atoms with E-state index in [9.17, 15) is 14.0 Å². The normalized spacial score (nSPS) is 9.89. The first kappa shape index (κ1) is 14.0. The molecule has 0 unspecified atom stereocenters. The van der Waals surface area contributed by atoms with Gasteiger partial charge in [0.1, 0.15) is 0 Å². The molecule has 0 spiro atoms.